The van der Waals surface area contributed by atoms with Crippen molar-refractivity contribution in [2.24, 2.45) is 0 Å². The van der Waals surface area contributed by atoms with Crippen LogP contribution in [0, 0.1) is 0 Å². The molecule has 0 heterocycles. The lowest BCUT2D eigenvalue weighted by atomic mass is 10.1. The van der Waals surface area contributed by atoms with Gasteiger partial charge < -0.3 is 20.1 Å². The molecular formula is C19H28N2O5. The minimum absolute atomic E-state index is 0.122. The second-order valence-corrected chi connectivity index (χ2v) is 5.91. The van der Waals surface area contributed by atoms with E-state index in [2.05, 4.69) is 17.6 Å². The summed E-state index contributed by atoms with van der Waals surface area (Å²) >= 11 is 0. The van der Waals surface area contributed by atoms with Gasteiger partial charge in [0.2, 0.25) is 5.91 Å². The lowest BCUT2D eigenvalue weighted by Crippen LogP contribution is -2.46. The first kappa shape index (κ1) is 21.5. The summed E-state index contributed by atoms with van der Waals surface area (Å²) in [6, 6.07) is 8.52. The molecule has 0 aliphatic rings. The van der Waals surface area contributed by atoms with Crippen molar-refractivity contribution in [1.29, 1.82) is 0 Å². The van der Waals surface area contributed by atoms with Gasteiger partial charge in [0.25, 0.3) is 0 Å². The number of unbranched alkanes of at least 4 members (excludes halogenated alkanes) is 3. The number of benzene rings is 1. The van der Waals surface area contributed by atoms with Crippen LogP contribution in [0.1, 0.15) is 44.6 Å². The van der Waals surface area contributed by atoms with Crippen molar-refractivity contribution in [3.63, 3.8) is 0 Å². The summed E-state index contributed by atoms with van der Waals surface area (Å²) in [5.74, 6) is -0.950. The Labute approximate surface area is 154 Å². The minimum atomic E-state index is -0.702. The van der Waals surface area contributed by atoms with E-state index in [0.717, 1.165) is 31.2 Å². The average molecular weight is 364 g/mol. The molecule has 7 nitrogen and oxygen atoms in total. The predicted octanol–water partition coefficient (Wildman–Crippen LogP) is 2.54. The first-order chi connectivity index (χ1) is 12.6. The topological polar surface area (TPSA) is 93.7 Å². The largest absolute Gasteiger partial charge is 0.467 e. The third kappa shape index (κ3) is 9.05. The maximum absolute atomic E-state index is 12.0. The van der Waals surface area contributed by atoms with E-state index in [9.17, 15) is 14.4 Å². The van der Waals surface area contributed by atoms with Gasteiger partial charge in [-0.2, -0.15) is 0 Å². The molecule has 0 fully saturated rings. The van der Waals surface area contributed by atoms with Crippen LogP contribution in [0.3, 0.4) is 0 Å². The van der Waals surface area contributed by atoms with Crippen molar-refractivity contribution in [2.45, 2.75) is 51.7 Å². The molecule has 0 aliphatic heterocycles. The van der Waals surface area contributed by atoms with Crippen LogP contribution in [0.5, 0.6) is 0 Å². The van der Waals surface area contributed by atoms with Gasteiger partial charge in [-0.15, -0.1) is 0 Å². The van der Waals surface area contributed by atoms with Crippen molar-refractivity contribution in [3.8, 4) is 0 Å². The van der Waals surface area contributed by atoms with Crippen LogP contribution < -0.4 is 10.6 Å². The molecule has 1 aromatic rings. The van der Waals surface area contributed by atoms with Gasteiger partial charge >= 0.3 is 12.1 Å². The van der Waals surface area contributed by atoms with E-state index < -0.39 is 24.0 Å². The number of hydrogen-bond donors (Lipinski definition) is 2. The van der Waals surface area contributed by atoms with E-state index in [1.165, 1.54) is 7.11 Å². The van der Waals surface area contributed by atoms with Gasteiger partial charge in [0.15, 0.2) is 0 Å². The van der Waals surface area contributed by atoms with Crippen molar-refractivity contribution in [1.82, 2.24) is 10.6 Å². The zero-order valence-corrected chi connectivity index (χ0v) is 15.5. The highest BCUT2D eigenvalue weighted by molar-refractivity contribution is 5.87. The van der Waals surface area contributed by atoms with Gasteiger partial charge in [-0.05, 0) is 12.0 Å². The zero-order valence-electron chi connectivity index (χ0n) is 15.5. The Bertz CT molecular complexity index is 562. The highest BCUT2D eigenvalue weighted by Gasteiger charge is 2.21. The Balaban J connectivity index is 2.32. The minimum Gasteiger partial charge on any atom is -0.467 e. The van der Waals surface area contributed by atoms with Crippen LogP contribution in [-0.2, 0) is 25.7 Å². The molecule has 0 aromatic heterocycles. The number of amides is 2. The maximum atomic E-state index is 12.0. The molecule has 0 radical (unpaired) electrons. The van der Waals surface area contributed by atoms with Gasteiger partial charge in [-0.3, -0.25) is 4.79 Å². The van der Waals surface area contributed by atoms with E-state index >= 15 is 0 Å². The molecule has 2 amide bonds. The molecule has 0 spiro atoms. The second kappa shape index (κ2) is 12.7. The molecule has 0 saturated carbocycles. The molecule has 1 aromatic carbocycles. The number of rotatable bonds is 11. The summed E-state index contributed by atoms with van der Waals surface area (Å²) in [7, 11) is 1.28. The Morgan fingerprint density at radius 1 is 1.08 bits per heavy atom. The molecular weight excluding hydrogens is 336 g/mol. The van der Waals surface area contributed by atoms with E-state index in [4.69, 9.17) is 9.47 Å². The Morgan fingerprint density at radius 2 is 1.81 bits per heavy atom. The maximum Gasteiger partial charge on any atom is 0.407 e. The number of ether oxygens (including phenoxy) is 2. The van der Waals surface area contributed by atoms with Crippen molar-refractivity contribution >= 4 is 18.0 Å². The van der Waals surface area contributed by atoms with Gasteiger partial charge in [0, 0.05) is 0 Å². The van der Waals surface area contributed by atoms with Gasteiger partial charge in [-0.25, -0.2) is 9.59 Å². The smallest absolute Gasteiger partial charge is 0.407 e. The standard InChI is InChI=1S/C19H28N2O5/c1-3-4-5-9-12-16(18(23)25-2)21-17(22)13-20-19(24)26-14-15-10-7-6-8-11-15/h6-8,10-11,16H,3-5,9,12-14H2,1-2H3,(H,20,24)(H,21,22)/t16-/m0/s1. The van der Waals surface area contributed by atoms with Crippen molar-refractivity contribution in [2.75, 3.05) is 13.7 Å². The monoisotopic (exact) mass is 364 g/mol. The quantitative estimate of drug-likeness (QED) is 0.465. The Hall–Kier alpha value is -2.57. The van der Waals surface area contributed by atoms with E-state index in [1.54, 1.807) is 0 Å². The summed E-state index contributed by atoms with van der Waals surface area (Å²) in [6.45, 7) is 1.95. The number of nitrogens with one attached hydrogen (secondary N) is 2. The van der Waals surface area contributed by atoms with E-state index in [-0.39, 0.29) is 13.2 Å². The fourth-order valence-corrected chi connectivity index (χ4v) is 2.34. The summed E-state index contributed by atoms with van der Waals surface area (Å²) in [5, 5.41) is 4.96. The first-order valence-electron chi connectivity index (χ1n) is 8.88. The number of methoxy groups -OCH3 is 1. The predicted molar refractivity (Wildman–Crippen MR) is 97.3 cm³/mol. The van der Waals surface area contributed by atoms with Gasteiger partial charge in [-0.1, -0.05) is 62.9 Å². The average Bonchev–Trinajstić information content (AvgIpc) is 2.67. The molecule has 26 heavy (non-hydrogen) atoms. The van der Waals surface area contributed by atoms with Gasteiger partial charge in [0.1, 0.15) is 19.2 Å². The molecule has 1 rings (SSSR count). The van der Waals surface area contributed by atoms with Crippen LogP contribution in [0.25, 0.3) is 0 Å². The Morgan fingerprint density at radius 3 is 2.46 bits per heavy atom. The second-order valence-electron chi connectivity index (χ2n) is 5.91. The fraction of sp³-hybridized carbons (Fsp3) is 0.526. The van der Waals surface area contributed by atoms with Crippen LogP contribution in [0.4, 0.5) is 4.79 Å². The molecule has 144 valence electrons. The molecule has 0 aliphatic carbocycles. The van der Waals surface area contributed by atoms with Crippen molar-refractivity contribution < 1.29 is 23.9 Å². The normalized spacial score (nSPS) is 11.3. The third-order valence-electron chi connectivity index (χ3n) is 3.77. The van der Waals surface area contributed by atoms with Crippen LogP contribution in [0.2, 0.25) is 0 Å². The molecule has 1 atom stereocenters. The SMILES string of the molecule is CCCCCC[C@H](NC(=O)CNC(=O)OCc1ccccc1)C(=O)OC. The van der Waals surface area contributed by atoms with E-state index in [0.29, 0.717) is 6.42 Å². The lowest BCUT2D eigenvalue weighted by molar-refractivity contribution is -0.145. The summed E-state index contributed by atoms with van der Waals surface area (Å²) in [6.07, 6.45) is 3.80. The summed E-state index contributed by atoms with van der Waals surface area (Å²) < 4.78 is 9.74. The third-order valence-corrected chi connectivity index (χ3v) is 3.77. The highest BCUT2D eigenvalue weighted by Crippen LogP contribution is 2.07. The summed E-state index contributed by atoms with van der Waals surface area (Å²) in [5.41, 5.74) is 0.852. The van der Waals surface area contributed by atoms with Crippen LogP contribution in [-0.4, -0.2) is 37.7 Å². The number of esters is 1. The molecule has 0 unspecified atom stereocenters. The summed E-state index contributed by atoms with van der Waals surface area (Å²) in [4.78, 5) is 35.3. The number of carbonyl (C=O) groups excluding carboxylic acids is 3. The number of carbonyl (C=O) groups is 3. The first-order valence-corrected chi connectivity index (χ1v) is 8.88. The number of alkyl carbamates (subject to hydrolysis) is 1. The number of hydrogen-bond acceptors (Lipinski definition) is 5. The van der Waals surface area contributed by atoms with E-state index in [1.807, 2.05) is 30.3 Å². The van der Waals surface area contributed by atoms with Gasteiger partial charge in [0.05, 0.1) is 7.11 Å². The van der Waals surface area contributed by atoms with Crippen LogP contribution in [0.15, 0.2) is 30.3 Å². The molecule has 7 heteroatoms. The fourth-order valence-electron chi connectivity index (χ4n) is 2.34. The Kier molecular flexibility index (Phi) is 10.5. The highest BCUT2D eigenvalue weighted by atomic mass is 16.5. The molecule has 2 N–H and O–H groups in total. The van der Waals surface area contributed by atoms with Crippen LogP contribution >= 0.6 is 0 Å². The molecule has 0 bridgehead atoms. The lowest BCUT2D eigenvalue weighted by Gasteiger charge is -2.16. The molecule has 0 saturated heterocycles. The zero-order chi connectivity index (χ0) is 19.2. The van der Waals surface area contributed by atoms with Crippen molar-refractivity contribution in [3.05, 3.63) is 35.9 Å².